The summed E-state index contributed by atoms with van der Waals surface area (Å²) >= 11 is 0. The highest BCUT2D eigenvalue weighted by molar-refractivity contribution is 7.95. The fourth-order valence-electron chi connectivity index (χ4n) is 1.24. The summed E-state index contributed by atoms with van der Waals surface area (Å²) in [5.41, 5.74) is 0. The van der Waals surface area contributed by atoms with Crippen molar-refractivity contribution in [3.63, 3.8) is 0 Å². The van der Waals surface area contributed by atoms with Gasteiger partial charge in [-0.3, -0.25) is 0 Å². The van der Waals surface area contributed by atoms with Crippen molar-refractivity contribution in [2.24, 2.45) is 0 Å². The van der Waals surface area contributed by atoms with Crippen LogP contribution in [0.2, 0.25) is 0 Å². The van der Waals surface area contributed by atoms with E-state index in [4.69, 9.17) is 4.74 Å². The van der Waals surface area contributed by atoms with E-state index >= 15 is 0 Å². The molecule has 1 aliphatic rings. The van der Waals surface area contributed by atoms with Gasteiger partial charge in [-0.1, -0.05) is 0 Å². The predicted molar refractivity (Wildman–Crippen MR) is 47.7 cm³/mol. The maximum absolute atomic E-state index is 5.51. The lowest BCUT2D eigenvalue weighted by Crippen LogP contribution is -2.12. The fraction of sp³-hybridized carbons (Fsp3) is 1.00. The average Bonchev–Trinajstić information content (AvgIpc) is 2.34. The van der Waals surface area contributed by atoms with Crippen molar-refractivity contribution in [2.45, 2.75) is 25.4 Å². The van der Waals surface area contributed by atoms with Crippen molar-refractivity contribution < 1.29 is 4.74 Å². The predicted octanol–water partition coefficient (Wildman–Crippen LogP) is 1.43. The smallest absolute Gasteiger partial charge is 0.110 e. The van der Waals surface area contributed by atoms with Gasteiger partial charge >= 0.3 is 0 Å². The van der Waals surface area contributed by atoms with Crippen molar-refractivity contribution in [3.8, 4) is 0 Å². The topological polar surface area (TPSA) is 9.23 Å². The third kappa shape index (κ3) is 2.93. The van der Waals surface area contributed by atoms with Crippen LogP contribution in [0.15, 0.2) is 0 Å². The van der Waals surface area contributed by atoms with Crippen LogP contribution in [-0.2, 0) is 15.6 Å². The van der Waals surface area contributed by atoms with Gasteiger partial charge in [-0.25, -0.2) is 0 Å². The van der Waals surface area contributed by atoms with Crippen LogP contribution in [0, 0.1) is 0 Å². The molecule has 1 rings (SSSR count). The highest BCUT2D eigenvalue weighted by Crippen LogP contribution is 2.15. The molecular weight excluding hydrogens is 144 g/mol. The van der Waals surface area contributed by atoms with Gasteiger partial charge in [-0.2, -0.15) is 0 Å². The Kier molecular flexibility index (Phi) is 3.57. The minimum absolute atomic E-state index is 0.606. The van der Waals surface area contributed by atoms with Crippen LogP contribution in [0.5, 0.6) is 0 Å². The molecule has 1 fully saturated rings. The van der Waals surface area contributed by atoms with Crippen LogP contribution in [0.1, 0.15) is 19.3 Å². The maximum Gasteiger partial charge on any atom is 0.110 e. The Morgan fingerprint density at radius 1 is 1.50 bits per heavy atom. The SMILES string of the molecule is C[S+](C)CCC1CCCO1. The zero-order valence-corrected chi connectivity index (χ0v) is 7.75. The molecule has 0 saturated carbocycles. The Bertz CT molecular complexity index is 87.3. The van der Waals surface area contributed by atoms with Crippen LogP contribution in [0.25, 0.3) is 0 Å². The van der Waals surface area contributed by atoms with E-state index in [1.807, 2.05) is 0 Å². The first-order chi connectivity index (χ1) is 4.79. The van der Waals surface area contributed by atoms with Crippen LogP contribution in [0.4, 0.5) is 0 Å². The second kappa shape index (κ2) is 4.24. The zero-order valence-electron chi connectivity index (χ0n) is 6.93. The lowest BCUT2D eigenvalue weighted by molar-refractivity contribution is 0.109. The minimum Gasteiger partial charge on any atom is -0.378 e. The van der Waals surface area contributed by atoms with Gasteiger partial charge in [0, 0.05) is 13.0 Å². The maximum atomic E-state index is 5.51. The summed E-state index contributed by atoms with van der Waals surface area (Å²) < 4.78 is 5.51. The molecule has 0 aliphatic carbocycles. The van der Waals surface area contributed by atoms with Gasteiger partial charge in [-0.15, -0.1) is 0 Å². The zero-order chi connectivity index (χ0) is 7.40. The van der Waals surface area contributed by atoms with E-state index in [0.717, 1.165) is 6.61 Å². The summed E-state index contributed by atoms with van der Waals surface area (Å²) in [5, 5.41) is 0. The molecule has 1 atom stereocenters. The molecular formula is C8H17OS+. The Morgan fingerprint density at radius 3 is 2.80 bits per heavy atom. The molecule has 0 aromatic heterocycles. The summed E-state index contributed by atoms with van der Waals surface area (Å²) in [6, 6.07) is 0. The Hall–Kier alpha value is 0.310. The molecule has 0 bridgehead atoms. The first-order valence-electron chi connectivity index (χ1n) is 3.95. The lowest BCUT2D eigenvalue weighted by atomic mass is 10.2. The molecule has 1 saturated heterocycles. The van der Waals surface area contributed by atoms with Gasteiger partial charge in [-0.05, 0) is 23.7 Å². The number of rotatable bonds is 3. The third-order valence-corrected chi connectivity index (χ3v) is 2.92. The molecule has 0 radical (unpaired) electrons. The van der Waals surface area contributed by atoms with Gasteiger partial charge in [0.2, 0.25) is 0 Å². The molecule has 0 aromatic rings. The van der Waals surface area contributed by atoms with E-state index < -0.39 is 0 Å². The Labute approximate surface area is 66.5 Å². The third-order valence-electron chi connectivity index (χ3n) is 1.87. The highest BCUT2D eigenvalue weighted by atomic mass is 32.2. The van der Waals surface area contributed by atoms with Crippen LogP contribution in [0.3, 0.4) is 0 Å². The van der Waals surface area contributed by atoms with Crippen molar-refractivity contribution in [1.82, 2.24) is 0 Å². The quantitative estimate of drug-likeness (QED) is 0.569. The normalized spacial score (nSPS) is 26.1. The average molecular weight is 161 g/mol. The molecule has 10 heavy (non-hydrogen) atoms. The summed E-state index contributed by atoms with van der Waals surface area (Å²) in [5.74, 6) is 1.35. The molecule has 0 N–H and O–H groups in total. The molecule has 0 spiro atoms. The lowest BCUT2D eigenvalue weighted by Gasteiger charge is -2.05. The number of hydrogen-bond acceptors (Lipinski definition) is 1. The van der Waals surface area contributed by atoms with Crippen molar-refractivity contribution in [3.05, 3.63) is 0 Å². The fourth-order valence-corrected chi connectivity index (χ4v) is 1.97. The Balaban J connectivity index is 2.01. The van der Waals surface area contributed by atoms with E-state index in [1.165, 1.54) is 25.0 Å². The van der Waals surface area contributed by atoms with E-state index in [0.29, 0.717) is 17.0 Å². The van der Waals surface area contributed by atoms with E-state index in [9.17, 15) is 0 Å². The standard InChI is InChI=1S/C8H17OS/c1-10(2)7-5-8-4-3-6-9-8/h8H,3-7H2,1-2H3/q+1. The van der Waals surface area contributed by atoms with Crippen LogP contribution in [-0.4, -0.2) is 31.0 Å². The highest BCUT2D eigenvalue weighted by Gasteiger charge is 2.17. The number of hydrogen-bond donors (Lipinski definition) is 0. The number of ether oxygens (including phenoxy) is 1. The van der Waals surface area contributed by atoms with E-state index in [1.54, 1.807) is 0 Å². The van der Waals surface area contributed by atoms with E-state index in [-0.39, 0.29) is 0 Å². The van der Waals surface area contributed by atoms with Crippen LogP contribution >= 0.6 is 0 Å². The second-order valence-corrected chi connectivity index (χ2v) is 5.49. The van der Waals surface area contributed by atoms with Gasteiger partial charge < -0.3 is 4.74 Å². The summed E-state index contributed by atoms with van der Waals surface area (Å²) in [6.07, 6.45) is 9.08. The van der Waals surface area contributed by atoms with E-state index in [2.05, 4.69) is 12.5 Å². The molecule has 1 nitrogen and oxygen atoms in total. The monoisotopic (exact) mass is 161 g/mol. The first kappa shape index (κ1) is 8.41. The van der Waals surface area contributed by atoms with Crippen molar-refractivity contribution >= 4 is 10.9 Å². The Morgan fingerprint density at radius 2 is 2.30 bits per heavy atom. The molecule has 1 unspecified atom stereocenters. The second-order valence-electron chi connectivity index (χ2n) is 3.11. The van der Waals surface area contributed by atoms with Gasteiger partial charge in [0.15, 0.2) is 0 Å². The van der Waals surface area contributed by atoms with Gasteiger partial charge in [0.25, 0.3) is 0 Å². The summed E-state index contributed by atoms with van der Waals surface area (Å²) in [6.45, 7) is 1.01. The molecule has 0 aromatic carbocycles. The minimum atomic E-state index is 0.606. The van der Waals surface area contributed by atoms with Gasteiger partial charge in [0.05, 0.1) is 18.6 Å². The van der Waals surface area contributed by atoms with Crippen LogP contribution < -0.4 is 0 Å². The molecule has 0 amide bonds. The molecule has 1 heterocycles. The molecule has 1 aliphatic heterocycles. The van der Waals surface area contributed by atoms with Gasteiger partial charge in [0.1, 0.15) is 5.75 Å². The summed E-state index contributed by atoms with van der Waals surface area (Å²) in [4.78, 5) is 0. The first-order valence-corrected chi connectivity index (χ1v) is 6.16. The van der Waals surface area contributed by atoms with Crippen molar-refractivity contribution in [1.29, 1.82) is 0 Å². The molecule has 2 heteroatoms. The molecule has 60 valence electrons. The largest absolute Gasteiger partial charge is 0.378 e. The van der Waals surface area contributed by atoms with Crippen molar-refractivity contribution in [2.75, 3.05) is 24.9 Å². The summed E-state index contributed by atoms with van der Waals surface area (Å²) in [7, 11) is 0.608.